The van der Waals surface area contributed by atoms with E-state index in [2.05, 4.69) is 11.8 Å². The first-order valence-corrected chi connectivity index (χ1v) is 13.6. The summed E-state index contributed by atoms with van der Waals surface area (Å²) in [4.78, 5) is 26.6. The largest absolute Gasteiger partial charge is 0.491 e. The first-order valence-electron chi connectivity index (χ1n) is 13.6. The minimum atomic E-state index is -0.901. The third kappa shape index (κ3) is 8.09. The third-order valence-electron chi connectivity index (χ3n) is 6.59. The van der Waals surface area contributed by atoms with Crippen molar-refractivity contribution in [2.45, 2.75) is 53.4 Å². The van der Waals surface area contributed by atoms with Crippen molar-refractivity contribution >= 4 is 23.7 Å². The molecule has 0 unspecified atom stereocenters. The highest BCUT2D eigenvalue weighted by atomic mass is 16.5. The number of unbranched alkanes of at least 4 members (excludes halogenated alkanes) is 1. The molecule has 7 heteroatoms. The number of nitrogens with zero attached hydrogens (tertiary/aromatic N) is 1. The van der Waals surface area contributed by atoms with E-state index >= 15 is 0 Å². The molecule has 1 aliphatic rings. The van der Waals surface area contributed by atoms with Crippen LogP contribution in [0.3, 0.4) is 0 Å². The molecule has 7 nitrogen and oxygen atoms in total. The van der Waals surface area contributed by atoms with Gasteiger partial charge in [0.2, 0.25) is 0 Å². The lowest BCUT2D eigenvalue weighted by molar-refractivity contribution is -0.152. The Labute approximate surface area is 226 Å². The Morgan fingerprint density at radius 3 is 2.42 bits per heavy atom. The molecule has 2 aromatic rings. The van der Waals surface area contributed by atoms with Crippen LogP contribution in [0.4, 0.5) is 5.69 Å². The fourth-order valence-corrected chi connectivity index (χ4v) is 4.49. The van der Waals surface area contributed by atoms with Crippen molar-refractivity contribution in [2.24, 2.45) is 5.41 Å². The number of carboxylic acid groups (broad SMARTS) is 1. The summed E-state index contributed by atoms with van der Waals surface area (Å²) in [5.41, 5.74) is 3.39. The van der Waals surface area contributed by atoms with Crippen molar-refractivity contribution in [3.63, 3.8) is 0 Å². The van der Waals surface area contributed by atoms with Crippen LogP contribution in [0.2, 0.25) is 0 Å². The molecule has 0 aliphatic carbocycles. The average molecular weight is 524 g/mol. The molecule has 0 atom stereocenters. The monoisotopic (exact) mass is 523 g/mol. The zero-order chi connectivity index (χ0) is 27.5. The lowest BCUT2D eigenvalue weighted by atomic mass is 9.91. The van der Waals surface area contributed by atoms with Gasteiger partial charge in [-0.15, -0.1) is 0 Å². The standard InChI is InChI=1S/C31H41NO6/c1-5-7-17-36-18-19-38-27-13-10-23(11-14-27)24-12-15-28-26(20-24)21-25(29(33)34)9-8-16-32(28)22-31(3,4)30(35)37-6-2/h10-15,20-21H,5-9,16-19,22H2,1-4H3,(H,33,34). The van der Waals surface area contributed by atoms with Gasteiger partial charge in [-0.3, -0.25) is 4.79 Å². The normalized spacial score (nSPS) is 13.7. The first-order chi connectivity index (χ1) is 18.2. The molecule has 1 N–H and O–H groups in total. The molecule has 0 fully saturated rings. The number of esters is 1. The third-order valence-corrected chi connectivity index (χ3v) is 6.59. The molecule has 0 aromatic heterocycles. The molecule has 38 heavy (non-hydrogen) atoms. The van der Waals surface area contributed by atoms with Gasteiger partial charge in [0.15, 0.2) is 0 Å². The van der Waals surface area contributed by atoms with Crippen molar-refractivity contribution in [1.82, 2.24) is 0 Å². The van der Waals surface area contributed by atoms with Gasteiger partial charge in [0, 0.05) is 31.0 Å². The fourth-order valence-electron chi connectivity index (χ4n) is 4.49. The van der Waals surface area contributed by atoms with Gasteiger partial charge in [-0.2, -0.15) is 0 Å². The predicted octanol–water partition coefficient (Wildman–Crippen LogP) is 6.21. The summed E-state index contributed by atoms with van der Waals surface area (Å²) in [6, 6.07) is 13.9. The Bertz CT molecular complexity index is 1110. The Hall–Kier alpha value is -3.32. The molecule has 0 radical (unpaired) electrons. The Morgan fingerprint density at radius 1 is 1.00 bits per heavy atom. The van der Waals surface area contributed by atoms with Crippen molar-refractivity contribution in [3.05, 3.63) is 53.6 Å². The van der Waals surface area contributed by atoms with Crippen molar-refractivity contribution in [1.29, 1.82) is 0 Å². The molecule has 0 spiro atoms. The lowest BCUT2D eigenvalue weighted by Crippen LogP contribution is -2.41. The maximum Gasteiger partial charge on any atom is 0.331 e. The number of hydrogen-bond donors (Lipinski definition) is 1. The minimum absolute atomic E-state index is 0.239. The van der Waals surface area contributed by atoms with Crippen LogP contribution in [-0.4, -0.2) is 56.6 Å². The van der Waals surface area contributed by atoms with Gasteiger partial charge in [0.25, 0.3) is 0 Å². The summed E-state index contributed by atoms with van der Waals surface area (Å²) >= 11 is 0. The van der Waals surface area contributed by atoms with Crippen molar-refractivity contribution in [2.75, 3.05) is 44.4 Å². The van der Waals surface area contributed by atoms with E-state index in [1.807, 2.05) is 56.3 Å². The molecule has 206 valence electrons. The van der Waals surface area contributed by atoms with Crippen LogP contribution in [0.5, 0.6) is 5.75 Å². The van der Waals surface area contributed by atoms with Gasteiger partial charge < -0.3 is 24.2 Å². The molecule has 0 bridgehead atoms. The minimum Gasteiger partial charge on any atom is -0.491 e. The van der Waals surface area contributed by atoms with Crippen molar-refractivity contribution < 1.29 is 28.9 Å². The number of carbonyl (C=O) groups is 2. The van der Waals surface area contributed by atoms with Crippen LogP contribution in [0.1, 0.15) is 58.9 Å². The van der Waals surface area contributed by atoms with Crippen LogP contribution >= 0.6 is 0 Å². The topological polar surface area (TPSA) is 85.3 Å². The summed E-state index contributed by atoms with van der Waals surface area (Å²) in [5.74, 6) is -0.363. The number of hydrogen-bond acceptors (Lipinski definition) is 6. The predicted molar refractivity (Wildman–Crippen MR) is 151 cm³/mol. The Kier molecular flexibility index (Phi) is 10.8. The number of aliphatic carboxylic acids is 1. The molecule has 2 aromatic carbocycles. The van der Waals surface area contributed by atoms with Crippen LogP contribution in [0, 0.1) is 5.41 Å². The SMILES string of the molecule is CCCCOCCOc1ccc(-c2ccc3c(c2)C=C(C(=O)O)CCCN3CC(C)(C)C(=O)OCC)cc1. The maximum absolute atomic E-state index is 12.6. The lowest BCUT2D eigenvalue weighted by Gasteiger charge is -2.34. The van der Waals surface area contributed by atoms with E-state index in [1.54, 1.807) is 13.0 Å². The molecule has 3 rings (SSSR count). The van der Waals surface area contributed by atoms with Crippen molar-refractivity contribution in [3.8, 4) is 16.9 Å². The summed E-state index contributed by atoms with van der Waals surface area (Å²) in [5, 5.41) is 9.75. The number of fused-ring (bicyclic) bond motifs is 1. The maximum atomic E-state index is 12.6. The van der Waals surface area contributed by atoms with E-state index in [4.69, 9.17) is 14.2 Å². The molecular weight excluding hydrogens is 482 g/mol. The summed E-state index contributed by atoms with van der Waals surface area (Å²) in [6.07, 6.45) is 5.08. The van der Waals surface area contributed by atoms with E-state index in [9.17, 15) is 14.7 Å². The second-order valence-electron chi connectivity index (χ2n) is 10.2. The van der Waals surface area contributed by atoms with E-state index in [0.717, 1.165) is 47.6 Å². The van der Waals surface area contributed by atoms with Crippen LogP contribution in [-0.2, 0) is 19.1 Å². The summed E-state index contributed by atoms with van der Waals surface area (Å²) < 4.78 is 16.6. The Morgan fingerprint density at radius 2 is 1.74 bits per heavy atom. The zero-order valence-electron chi connectivity index (χ0n) is 23.1. The molecule has 0 saturated carbocycles. The summed E-state index contributed by atoms with van der Waals surface area (Å²) in [6.45, 7) is 11.0. The number of carboxylic acids is 1. The van der Waals surface area contributed by atoms with Crippen LogP contribution in [0.25, 0.3) is 17.2 Å². The first kappa shape index (κ1) is 29.2. The number of carbonyl (C=O) groups excluding carboxylic acids is 1. The molecule has 0 amide bonds. The average Bonchev–Trinajstić information content (AvgIpc) is 2.88. The Balaban J connectivity index is 1.83. The number of anilines is 1. The number of ether oxygens (including phenoxy) is 3. The fraction of sp³-hybridized carbons (Fsp3) is 0.484. The second-order valence-corrected chi connectivity index (χ2v) is 10.2. The van der Waals surface area contributed by atoms with Gasteiger partial charge in [0.1, 0.15) is 12.4 Å². The van der Waals surface area contributed by atoms with E-state index in [0.29, 0.717) is 51.3 Å². The van der Waals surface area contributed by atoms with Crippen LogP contribution in [0.15, 0.2) is 48.0 Å². The molecule has 0 saturated heterocycles. The zero-order valence-corrected chi connectivity index (χ0v) is 23.1. The van der Waals surface area contributed by atoms with Gasteiger partial charge >= 0.3 is 11.9 Å². The van der Waals surface area contributed by atoms with E-state index in [1.165, 1.54) is 0 Å². The highest BCUT2D eigenvalue weighted by molar-refractivity contribution is 5.94. The number of rotatable bonds is 13. The van der Waals surface area contributed by atoms with Gasteiger partial charge in [-0.1, -0.05) is 31.5 Å². The van der Waals surface area contributed by atoms with Gasteiger partial charge in [-0.25, -0.2) is 4.79 Å². The smallest absolute Gasteiger partial charge is 0.331 e. The number of benzene rings is 2. The molecular formula is C31H41NO6. The highest BCUT2D eigenvalue weighted by Gasteiger charge is 2.32. The molecule has 1 aliphatic heterocycles. The van der Waals surface area contributed by atoms with E-state index in [-0.39, 0.29) is 5.97 Å². The molecule has 1 heterocycles. The quantitative estimate of drug-likeness (QED) is 0.247. The van der Waals surface area contributed by atoms with E-state index < -0.39 is 11.4 Å². The highest BCUT2D eigenvalue weighted by Crippen LogP contribution is 2.34. The summed E-state index contributed by atoms with van der Waals surface area (Å²) in [7, 11) is 0. The van der Waals surface area contributed by atoms with Gasteiger partial charge in [0.05, 0.1) is 18.6 Å². The van der Waals surface area contributed by atoms with Crippen LogP contribution < -0.4 is 9.64 Å². The van der Waals surface area contributed by atoms with Gasteiger partial charge in [-0.05, 0) is 87.1 Å². The second kappa shape index (κ2) is 14.0.